The number of H-pyrrole nitrogens is 2. The van der Waals surface area contributed by atoms with Crippen LogP contribution in [0, 0.1) is 55.3 Å². The average molecular weight is 879 g/mol. The number of nitrogens with one attached hydrogen (secondary N) is 4. The van der Waals surface area contributed by atoms with E-state index in [4.69, 9.17) is 9.47 Å². The van der Waals surface area contributed by atoms with Crippen LogP contribution in [0.3, 0.4) is 0 Å². The summed E-state index contributed by atoms with van der Waals surface area (Å²) in [6.45, 7) is 21.5. The summed E-state index contributed by atoms with van der Waals surface area (Å²) >= 11 is 0. The summed E-state index contributed by atoms with van der Waals surface area (Å²) in [6, 6.07) is -0.437. The van der Waals surface area contributed by atoms with Gasteiger partial charge < -0.3 is 35.2 Å². The van der Waals surface area contributed by atoms with Crippen molar-refractivity contribution in [2.24, 2.45) is 41.4 Å². The van der Waals surface area contributed by atoms with E-state index in [1.54, 1.807) is 6.92 Å². The SMILES string of the molecule is CCCCC[C@@H](C)CCC[C@@H](C)CCC/C(C)=C/COC(=O)CC[C@@H]1C2N/C(=C\c3[nH]c(c(C(C)=O)c3C)/C=C3\N/C(=C\c4[nH]c5c(c4C)=C(O)[C@H](C(=O)OC)C=52)[C@H](CC)[C@H]3C)[C@H]1C. The molecule has 10 heteroatoms. The van der Waals surface area contributed by atoms with Gasteiger partial charge in [0.2, 0.25) is 0 Å². The molecule has 64 heavy (non-hydrogen) atoms. The molecule has 10 nitrogen and oxygen atoms in total. The van der Waals surface area contributed by atoms with E-state index in [0.29, 0.717) is 28.1 Å². The fraction of sp³-hybridized carbons (Fsp3) is 0.611. The maximum atomic E-state index is 13.7. The third-order valence-corrected chi connectivity index (χ3v) is 15.2. The molecule has 6 rings (SSSR count). The Morgan fingerprint density at radius 1 is 0.812 bits per heavy atom. The topological polar surface area (TPSA) is 146 Å². The predicted octanol–water partition coefficient (Wildman–Crippen LogP) is 10.5. The first-order chi connectivity index (χ1) is 30.6. The first-order valence-corrected chi connectivity index (χ1v) is 24.6. The Morgan fingerprint density at radius 3 is 2.14 bits per heavy atom. The van der Waals surface area contributed by atoms with Crippen LogP contribution in [0.25, 0.3) is 29.6 Å². The van der Waals surface area contributed by atoms with Gasteiger partial charge in [-0.3, -0.25) is 14.4 Å². The van der Waals surface area contributed by atoms with Crippen LogP contribution in [0.5, 0.6) is 0 Å². The number of rotatable bonds is 20. The normalized spacial score (nSPS) is 26.0. The number of hydrogen-bond donors (Lipinski definition) is 5. The van der Waals surface area contributed by atoms with Gasteiger partial charge in [-0.15, -0.1) is 0 Å². The standard InChI is InChI=1S/C54H78N4O6/c1-12-14-15-18-30(3)19-16-20-31(4)21-17-22-32(5)25-26-64-46(60)24-23-39-34(7)41-27-42-35(8)47(37(10)59)45(56-42)29-40-33(6)38(13-2)44(55-40)28-43-36(9)48-52(58-43)49(51(39)57-41)50(53(48)61)54(62)63-11/h25,27-31,33-34,38-39,50-51,55-58,61H,12-24,26H2,1-11H3/b32-25+,40-29-,41-27-,44-28-/t30-,31-,33-,34+,38-,39+,50-,51?/m1/s1. The highest BCUT2D eigenvalue weighted by Gasteiger charge is 2.47. The van der Waals surface area contributed by atoms with Crippen molar-refractivity contribution in [3.63, 3.8) is 0 Å². The lowest BCUT2D eigenvalue weighted by molar-refractivity contribution is -0.143. The lowest BCUT2D eigenvalue weighted by Crippen LogP contribution is -2.38. The van der Waals surface area contributed by atoms with Crippen molar-refractivity contribution in [3.8, 4) is 0 Å². The molecule has 2 aromatic heterocycles. The number of Topliss-reactive ketones (excluding diaryl/α,β-unsaturated/α-hetero) is 1. The molecule has 1 unspecified atom stereocenters. The third-order valence-electron chi connectivity index (χ3n) is 15.2. The van der Waals surface area contributed by atoms with Gasteiger partial charge in [-0.2, -0.15) is 0 Å². The van der Waals surface area contributed by atoms with Crippen LogP contribution in [-0.2, 0) is 19.1 Å². The fourth-order valence-corrected chi connectivity index (χ4v) is 11.1. The number of ether oxygens (including phenoxy) is 2. The number of aromatic amines is 2. The summed E-state index contributed by atoms with van der Waals surface area (Å²) in [5.74, 6) is -0.201. The Hall–Kier alpha value is -4.73. The molecule has 5 N–H and O–H groups in total. The minimum atomic E-state index is -1.02. The first kappa shape index (κ1) is 48.7. The highest BCUT2D eigenvalue weighted by Crippen LogP contribution is 2.43. The highest BCUT2D eigenvalue weighted by molar-refractivity contribution is 6.00. The number of esters is 2. The molecule has 2 aromatic rings. The largest absolute Gasteiger partial charge is 0.510 e. The summed E-state index contributed by atoms with van der Waals surface area (Å²) in [6.07, 6.45) is 22.6. The van der Waals surface area contributed by atoms with Crippen LogP contribution < -0.4 is 21.2 Å². The minimum absolute atomic E-state index is 0.0167. The molecule has 4 aliphatic rings. The summed E-state index contributed by atoms with van der Waals surface area (Å²) in [5.41, 5.74) is 9.71. The molecule has 5 heterocycles. The number of aromatic nitrogens is 2. The number of aliphatic hydroxyl groups is 1. The van der Waals surface area contributed by atoms with E-state index < -0.39 is 17.9 Å². The molecule has 350 valence electrons. The molecule has 8 atom stereocenters. The van der Waals surface area contributed by atoms with Gasteiger partial charge in [-0.1, -0.05) is 98.5 Å². The summed E-state index contributed by atoms with van der Waals surface area (Å²) < 4.78 is 11.2. The average Bonchev–Trinajstić information content (AvgIpc) is 4.00. The number of aliphatic hydroxyl groups excluding tert-OH is 1. The number of unbranched alkanes of at least 4 members (excludes halogenated alkanes) is 2. The number of fused-ring (bicyclic) bond motifs is 8. The lowest BCUT2D eigenvalue weighted by atomic mass is 9.80. The Morgan fingerprint density at radius 2 is 1.47 bits per heavy atom. The van der Waals surface area contributed by atoms with E-state index in [-0.39, 0.29) is 54.2 Å². The second-order valence-electron chi connectivity index (χ2n) is 19.8. The summed E-state index contributed by atoms with van der Waals surface area (Å²) in [7, 11) is 1.35. The zero-order chi connectivity index (χ0) is 46.4. The van der Waals surface area contributed by atoms with Crippen molar-refractivity contribution in [1.29, 1.82) is 0 Å². The van der Waals surface area contributed by atoms with Crippen molar-refractivity contribution < 1.29 is 29.0 Å². The molecule has 0 saturated carbocycles. The van der Waals surface area contributed by atoms with E-state index in [1.165, 1.54) is 64.0 Å². The van der Waals surface area contributed by atoms with Gasteiger partial charge in [0.15, 0.2) is 5.78 Å². The van der Waals surface area contributed by atoms with Crippen LogP contribution in [0.2, 0.25) is 0 Å². The highest BCUT2D eigenvalue weighted by atomic mass is 16.5. The molecule has 2 saturated heterocycles. The van der Waals surface area contributed by atoms with Crippen molar-refractivity contribution >= 4 is 47.3 Å². The van der Waals surface area contributed by atoms with Gasteiger partial charge in [0.05, 0.1) is 24.2 Å². The molecule has 3 aliphatic heterocycles. The summed E-state index contributed by atoms with van der Waals surface area (Å²) in [5, 5.41) is 20.8. The summed E-state index contributed by atoms with van der Waals surface area (Å²) in [4.78, 5) is 47.6. The van der Waals surface area contributed by atoms with Crippen molar-refractivity contribution in [1.82, 2.24) is 20.6 Å². The lowest BCUT2D eigenvalue weighted by Gasteiger charge is -2.26. The zero-order valence-electron chi connectivity index (χ0n) is 40.8. The molecule has 0 radical (unpaired) electrons. The predicted molar refractivity (Wildman–Crippen MR) is 259 cm³/mol. The number of carbonyl (C=O) groups is 3. The van der Waals surface area contributed by atoms with E-state index >= 15 is 0 Å². The van der Waals surface area contributed by atoms with Gasteiger partial charge in [0.25, 0.3) is 0 Å². The number of allylic oxidation sites excluding steroid dienone is 4. The molecule has 1 aliphatic carbocycles. The fourth-order valence-electron chi connectivity index (χ4n) is 11.1. The second-order valence-corrected chi connectivity index (χ2v) is 19.8. The molecule has 0 amide bonds. The molecule has 0 aromatic carbocycles. The Bertz CT molecular complexity index is 2300. The Kier molecular flexibility index (Phi) is 16.4. The monoisotopic (exact) mass is 879 g/mol. The zero-order valence-corrected chi connectivity index (χ0v) is 40.8. The number of carbonyl (C=O) groups excluding carboxylic acids is 3. The number of methoxy groups -OCH3 is 1. The third kappa shape index (κ3) is 10.5. The first-order valence-electron chi connectivity index (χ1n) is 24.6. The van der Waals surface area contributed by atoms with Crippen molar-refractivity contribution in [2.45, 2.75) is 159 Å². The van der Waals surface area contributed by atoms with Crippen LogP contribution in [-0.4, -0.2) is 52.6 Å². The molecule has 0 spiro atoms. The van der Waals surface area contributed by atoms with Gasteiger partial charge in [-0.25, -0.2) is 0 Å². The van der Waals surface area contributed by atoms with E-state index in [0.717, 1.165) is 76.4 Å². The van der Waals surface area contributed by atoms with Gasteiger partial charge in [0, 0.05) is 63.4 Å². The quantitative estimate of drug-likeness (QED) is 0.0383. The number of hydrogen-bond acceptors (Lipinski definition) is 8. The minimum Gasteiger partial charge on any atom is -0.510 e. The number of ketones is 1. The van der Waals surface area contributed by atoms with Crippen molar-refractivity contribution in [2.75, 3.05) is 13.7 Å². The molecule has 8 bridgehead atoms. The molecular formula is C54H78N4O6. The van der Waals surface area contributed by atoms with Crippen molar-refractivity contribution in [3.05, 3.63) is 73.1 Å². The Balaban J connectivity index is 1.23. The smallest absolute Gasteiger partial charge is 0.320 e. The maximum absolute atomic E-state index is 13.7. The Labute approximate surface area is 382 Å². The van der Waals surface area contributed by atoms with Gasteiger partial charge in [-0.05, 0) is 112 Å². The van der Waals surface area contributed by atoms with E-state index in [9.17, 15) is 19.5 Å². The van der Waals surface area contributed by atoms with E-state index in [2.05, 4.69) is 87.3 Å². The molecule has 2 fully saturated rings. The van der Waals surface area contributed by atoms with Gasteiger partial charge >= 0.3 is 11.9 Å². The van der Waals surface area contributed by atoms with Gasteiger partial charge in [0.1, 0.15) is 18.3 Å². The molecular weight excluding hydrogens is 801 g/mol. The van der Waals surface area contributed by atoms with Crippen LogP contribution in [0.1, 0.15) is 177 Å². The van der Waals surface area contributed by atoms with Crippen LogP contribution in [0.15, 0.2) is 28.7 Å². The van der Waals surface area contributed by atoms with Crippen LogP contribution in [0.4, 0.5) is 0 Å². The second kappa shape index (κ2) is 21.5. The van der Waals surface area contributed by atoms with E-state index in [1.807, 2.05) is 19.9 Å². The maximum Gasteiger partial charge on any atom is 0.320 e. The van der Waals surface area contributed by atoms with Crippen LogP contribution >= 0.6 is 0 Å².